The average molecular weight is 448 g/mol. The van der Waals surface area contributed by atoms with Gasteiger partial charge in [-0.2, -0.15) is 8.78 Å². The molecule has 0 unspecified atom stereocenters. The van der Waals surface area contributed by atoms with E-state index in [1.165, 1.54) is 24.3 Å². The fraction of sp³-hybridized carbons (Fsp3) is 0.364. The summed E-state index contributed by atoms with van der Waals surface area (Å²) in [4.78, 5) is 28.2. The molecule has 0 aliphatic carbocycles. The lowest BCUT2D eigenvalue weighted by Gasteiger charge is -2.28. The average Bonchev–Trinajstić information content (AvgIpc) is 2.75. The Kier molecular flexibility index (Phi) is 8.34. The summed E-state index contributed by atoms with van der Waals surface area (Å²) in [6.07, 6.45) is 0. The molecule has 8 nitrogen and oxygen atoms in total. The van der Waals surface area contributed by atoms with Crippen molar-refractivity contribution in [2.24, 2.45) is 0 Å². The first kappa shape index (κ1) is 23.4. The van der Waals surface area contributed by atoms with Gasteiger partial charge in [-0.05, 0) is 55.6 Å². The van der Waals surface area contributed by atoms with Crippen LogP contribution in [0.1, 0.15) is 0 Å². The number of nitrogens with one attached hydrogen (secondary N) is 2. The SMILES string of the molecule is CN(CC(=O)Nc1ccc(OC(F)F)cc1)CC(=O)Nc1ccc(N2CCOCC2)cc1. The van der Waals surface area contributed by atoms with Crippen molar-refractivity contribution in [1.82, 2.24) is 4.90 Å². The van der Waals surface area contributed by atoms with E-state index in [0.29, 0.717) is 24.6 Å². The molecule has 3 rings (SSSR count). The number of hydrogen-bond donors (Lipinski definition) is 2. The number of benzene rings is 2. The van der Waals surface area contributed by atoms with E-state index in [1.54, 1.807) is 11.9 Å². The number of hydrogen-bond acceptors (Lipinski definition) is 6. The molecule has 1 saturated heterocycles. The van der Waals surface area contributed by atoms with Crippen molar-refractivity contribution in [2.75, 3.05) is 62.0 Å². The second-order valence-electron chi connectivity index (χ2n) is 7.32. The number of carbonyl (C=O) groups excluding carboxylic acids is 2. The molecule has 0 aromatic heterocycles. The fourth-order valence-electron chi connectivity index (χ4n) is 3.24. The Morgan fingerprint density at radius 1 is 0.969 bits per heavy atom. The number of nitrogens with zero attached hydrogens (tertiary/aromatic N) is 2. The molecule has 0 atom stereocenters. The van der Waals surface area contributed by atoms with E-state index in [4.69, 9.17) is 4.74 Å². The van der Waals surface area contributed by atoms with Crippen LogP contribution >= 0.6 is 0 Å². The third-order valence-electron chi connectivity index (χ3n) is 4.72. The van der Waals surface area contributed by atoms with E-state index in [9.17, 15) is 18.4 Å². The highest BCUT2D eigenvalue weighted by atomic mass is 19.3. The predicted octanol–water partition coefficient (Wildman–Crippen LogP) is 2.63. The smallest absolute Gasteiger partial charge is 0.387 e. The van der Waals surface area contributed by atoms with Crippen molar-refractivity contribution in [3.63, 3.8) is 0 Å². The third-order valence-corrected chi connectivity index (χ3v) is 4.72. The normalized spacial score (nSPS) is 13.8. The van der Waals surface area contributed by atoms with Crippen molar-refractivity contribution in [3.05, 3.63) is 48.5 Å². The maximum atomic E-state index is 12.3. The minimum absolute atomic E-state index is 0.00441. The van der Waals surface area contributed by atoms with E-state index in [0.717, 1.165) is 18.8 Å². The van der Waals surface area contributed by atoms with Crippen LogP contribution in [0.15, 0.2) is 48.5 Å². The van der Waals surface area contributed by atoms with Crippen LogP contribution in [-0.2, 0) is 14.3 Å². The molecular weight excluding hydrogens is 422 g/mol. The minimum Gasteiger partial charge on any atom is -0.435 e. The first-order valence-corrected chi connectivity index (χ1v) is 10.1. The van der Waals surface area contributed by atoms with Crippen LogP contribution in [0.5, 0.6) is 5.75 Å². The molecule has 0 radical (unpaired) electrons. The number of anilines is 3. The van der Waals surface area contributed by atoms with Crippen LogP contribution in [0.3, 0.4) is 0 Å². The Morgan fingerprint density at radius 3 is 1.97 bits per heavy atom. The number of rotatable bonds is 9. The van der Waals surface area contributed by atoms with Crippen LogP contribution in [0.2, 0.25) is 0 Å². The van der Waals surface area contributed by atoms with Crippen molar-refractivity contribution >= 4 is 28.9 Å². The van der Waals surface area contributed by atoms with Crippen molar-refractivity contribution in [3.8, 4) is 5.75 Å². The minimum atomic E-state index is -2.90. The first-order chi connectivity index (χ1) is 15.4. The number of ether oxygens (including phenoxy) is 2. The lowest BCUT2D eigenvalue weighted by molar-refractivity contribution is -0.119. The lowest BCUT2D eigenvalue weighted by atomic mass is 10.2. The topological polar surface area (TPSA) is 83.1 Å². The zero-order valence-corrected chi connectivity index (χ0v) is 17.7. The molecule has 2 aromatic carbocycles. The summed E-state index contributed by atoms with van der Waals surface area (Å²) >= 11 is 0. The highest BCUT2D eigenvalue weighted by Crippen LogP contribution is 2.19. The van der Waals surface area contributed by atoms with Gasteiger partial charge in [-0.3, -0.25) is 14.5 Å². The molecule has 1 aliphatic rings. The van der Waals surface area contributed by atoms with Crippen LogP contribution in [-0.4, -0.2) is 69.8 Å². The molecule has 2 aromatic rings. The van der Waals surface area contributed by atoms with Gasteiger partial charge < -0.3 is 25.0 Å². The van der Waals surface area contributed by atoms with E-state index < -0.39 is 6.61 Å². The second kappa shape index (κ2) is 11.4. The van der Waals surface area contributed by atoms with Gasteiger partial charge in [0.1, 0.15) is 5.75 Å². The summed E-state index contributed by atoms with van der Waals surface area (Å²) in [7, 11) is 1.65. The Morgan fingerprint density at radius 2 is 1.47 bits per heavy atom. The molecule has 10 heteroatoms. The highest BCUT2D eigenvalue weighted by molar-refractivity contribution is 5.94. The summed E-state index contributed by atoms with van der Waals surface area (Å²) in [6.45, 7) is 0.197. The standard InChI is InChI=1S/C22H26F2N4O4/c1-27(15-21(30)26-17-4-8-19(9-5-17)32-22(23)24)14-20(29)25-16-2-6-18(7-3-16)28-10-12-31-13-11-28/h2-9,22H,10-15H2,1H3,(H,25,29)(H,26,30). The summed E-state index contributed by atoms with van der Waals surface area (Å²) in [5, 5.41) is 5.46. The van der Waals surface area contributed by atoms with Gasteiger partial charge in [-0.25, -0.2) is 0 Å². The summed E-state index contributed by atoms with van der Waals surface area (Å²) in [6, 6.07) is 13.2. The van der Waals surface area contributed by atoms with Crippen LogP contribution in [0, 0.1) is 0 Å². The number of amides is 2. The fourth-order valence-corrected chi connectivity index (χ4v) is 3.24. The molecule has 1 heterocycles. The van der Waals surface area contributed by atoms with Gasteiger partial charge in [-0.1, -0.05) is 0 Å². The van der Waals surface area contributed by atoms with Crippen LogP contribution in [0.4, 0.5) is 25.8 Å². The molecule has 0 spiro atoms. The first-order valence-electron chi connectivity index (χ1n) is 10.1. The van der Waals surface area contributed by atoms with Gasteiger partial charge in [0, 0.05) is 30.2 Å². The van der Waals surface area contributed by atoms with Gasteiger partial charge in [0.2, 0.25) is 11.8 Å². The molecule has 172 valence electrons. The summed E-state index contributed by atoms with van der Waals surface area (Å²) in [5.74, 6) is -0.574. The molecular formula is C22H26F2N4O4. The molecule has 32 heavy (non-hydrogen) atoms. The Balaban J connectivity index is 1.41. The molecule has 0 bridgehead atoms. The zero-order valence-electron chi connectivity index (χ0n) is 17.7. The lowest BCUT2D eigenvalue weighted by Crippen LogP contribution is -2.36. The molecule has 1 aliphatic heterocycles. The molecule has 0 saturated carbocycles. The zero-order chi connectivity index (χ0) is 22.9. The van der Waals surface area contributed by atoms with Gasteiger partial charge in [0.25, 0.3) is 0 Å². The van der Waals surface area contributed by atoms with Gasteiger partial charge in [0.05, 0.1) is 26.3 Å². The van der Waals surface area contributed by atoms with Gasteiger partial charge >= 0.3 is 6.61 Å². The number of alkyl halides is 2. The van der Waals surface area contributed by atoms with Gasteiger partial charge in [-0.15, -0.1) is 0 Å². The second-order valence-corrected chi connectivity index (χ2v) is 7.32. The number of halogens is 2. The summed E-state index contributed by atoms with van der Waals surface area (Å²) < 4.78 is 34.0. The van der Waals surface area contributed by atoms with Crippen molar-refractivity contribution in [2.45, 2.75) is 6.61 Å². The maximum absolute atomic E-state index is 12.3. The van der Waals surface area contributed by atoms with Crippen LogP contribution in [0.25, 0.3) is 0 Å². The maximum Gasteiger partial charge on any atom is 0.387 e. The van der Waals surface area contributed by atoms with Gasteiger partial charge in [0.15, 0.2) is 0 Å². The third kappa shape index (κ3) is 7.47. The number of likely N-dealkylation sites (N-methyl/N-ethyl adjacent to an activating group) is 1. The van der Waals surface area contributed by atoms with Crippen molar-refractivity contribution in [1.29, 1.82) is 0 Å². The summed E-state index contributed by atoms with van der Waals surface area (Å²) in [5.41, 5.74) is 2.19. The Bertz CT molecular complexity index is 888. The monoisotopic (exact) mass is 448 g/mol. The van der Waals surface area contributed by atoms with E-state index in [1.807, 2.05) is 24.3 Å². The number of carbonyl (C=O) groups is 2. The number of morpholine rings is 1. The van der Waals surface area contributed by atoms with E-state index >= 15 is 0 Å². The van der Waals surface area contributed by atoms with E-state index in [2.05, 4.69) is 20.3 Å². The van der Waals surface area contributed by atoms with Crippen LogP contribution < -0.4 is 20.3 Å². The Labute approximate surface area is 185 Å². The van der Waals surface area contributed by atoms with Crippen molar-refractivity contribution < 1.29 is 27.8 Å². The quantitative estimate of drug-likeness (QED) is 0.614. The molecule has 1 fully saturated rings. The largest absolute Gasteiger partial charge is 0.435 e. The highest BCUT2D eigenvalue weighted by Gasteiger charge is 2.13. The predicted molar refractivity (Wildman–Crippen MR) is 117 cm³/mol. The Hall–Kier alpha value is -3.24. The molecule has 2 N–H and O–H groups in total. The van der Waals surface area contributed by atoms with E-state index in [-0.39, 0.29) is 30.7 Å². The molecule has 2 amide bonds.